The summed E-state index contributed by atoms with van der Waals surface area (Å²) in [4.78, 5) is 45.8. The number of pyridine rings is 1. The van der Waals surface area contributed by atoms with Crippen molar-refractivity contribution in [3.8, 4) is 5.75 Å². The number of rotatable bonds is 7. The van der Waals surface area contributed by atoms with Gasteiger partial charge in [-0.05, 0) is 54.4 Å². The van der Waals surface area contributed by atoms with Crippen molar-refractivity contribution < 1.29 is 24.4 Å². The highest BCUT2D eigenvalue weighted by atomic mass is 16.6. The van der Waals surface area contributed by atoms with Crippen molar-refractivity contribution in [3.63, 3.8) is 0 Å². The normalized spacial score (nSPS) is 16.9. The largest absolute Gasteiger partial charge is 0.507 e. The SMILES string of the molecule is COc1ccc2[nH]cc(CCN3C(=O)C(=O)C(=C(O)c4ccc([N+](=O)[O-])cc4)[C@H]3c3ccccn3)c2c1. The third-order valence-electron chi connectivity index (χ3n) is 6.46. The summed E-state index contributed by atoms with van der Waals surface area (Å²) in [7, 11) is 1.59. The number of carbonyl (C=O) groups excluding carboxylic acids is 2. The number of nitrogens with one attached hydrogen (secondary N) is 1. The molecule has 10 nitrogen and oxygen atoms in total. The highest BCUT2D eigenvalue weighted by Gasteiger charge is 2.46. The zero-order chi connectivity index (χ0) is 26.1. The molecule has 0 aliphatic carbocycles. The van der Waals surface area contributed by atoms with Gasteiger partial charge in [0.2, 0.25) is 0 Å². The number of Topliss-reactive ketones (excluding diaryl/α,β-unsaturated/α-hetero) is 1. The van der Waals surface area contributed by atoms with E-state index in [2.05, 4.69) is 9.97 Å². The first-order valence-corrected chi connectivity index (χ1v) is 11.5. The van der Waals surface area contributed by atoms with E-state index in [1.54, 1.807) is 31.5 Å². The van der Waals surface area contributed by atoms with Gasteiger partial charge in [-0.15, -0.1) is 0 Å². The fraction of sp³-hybridized carbons (Fsp3) is 0.148. The van der Waals surface area contributed by atoms with Gasteiger partial charge in [-0.2, -0.15) is 0 Å². The molecule has 186 valence electrons. The van der Waals surface area contributed by atoms with Crippen molar-refractivity contribution in [1.29, 1.82) is 0 Å². The number of nitrogens with zero attached hydrogens (tertiary/aromatic N) is 3. The maximum Gasteiger partial charge on any atom is 0.295 e. The van der Waals surface area contributed by atoms with Crippen molar-refractivity contribution in [1.82, 2.24) is 14.9 Å². The molecule has 1 atom stereocenters. The molecule has 0 unspecified atom stereocenters. The van der Waals surface area contributed by atoms with Gasteiger partial charge in [-0.25, -0.2) is 0 Å². The summed E-state index contributed by atoms with van der Waals surface area (Å²) in [5.41, 5.74) is 2.19. The minimum Gasteiger partial charge on any atom is -0.507 e. The molecule has 1 aliphatic rings. The number of methoxy groups -OCH3 is 1. The third kappa shape index (κ3) is 4.29. The Morgan fingerprint density at radius 3 is 2.62 bits per heavy atom. The van der Waals surface area contributed by atoms with Crippen LogP contribution in [0.2, 0.25) is 0 Å². The van der Waals surface area contributed by atoms with E-state index < -0.39 is 28.4 Å². The first-order valence-electron chi connectivity index (χ1n) is 11.5. The smallest absolute Gasteiger partial charge is 0.295 e. The van der Waals surface area contributed by atoms with Crippen LogP contribution in [0.5, 0.6) is 5.75 Å². The number of nitro groups is 1. The number of aromatic nitrogens is 2. The maximum atomic E-state index is 13.2. The molecule has 2 aromatic heterocycles. The Bertz CT molecular complexity index is 1540. The standard InChI is InChI=1S/C27H22N4O6/c1-37-19-9-10-21-20(14-19)17(15-29-21)11-13-30-24(22-4-2-3-12-28-22)23(26(33)27(30)34)25(32)16-5-7-18(8-6-16)31(35)36/h2-10,12,14-15,24,29,32H,11,13H2,1H3/t24-/m1/s1. The predicted octanol–water partition coefficient (Wildman–Crippen LogP) is 4.14. The number of likely N-dealkylation sites (tertiary alicyclic amines) is 1. The van der Waals surface area contributed by atoms with E-state index >= 15 is 0 Å². The first-order chi connectivity index (χ1) is 17.9. The number of hydrogen-bond donors (Lipinski definition) is 2. The number of aromatic amines is 1. The molecule has 3 heterocycles. The third-order valence-corrected chi connectivity index (χ3v) is 6.46. The molecule has 1 aliphatic heterocycles. The lowest BCUT2D eigenvalue weighted by molar-refractivity contribution is -0.384. The van der Waals surface area contributed by atoms with Gasteiger partial charge >= 0.3 is 0 Å². The molecule has 5 rings (SSSR count). The Morgan fingerprint density at radius 1 is 1.16 bits per heavy atom. The van der Waals surface area contributed by atoms with Gasteiger partial charge < -0.3 is 19.7 Å². The molecule has 1 saturated heterocycles. The quantitative estimate of drug-likeness (QED) is 0.128. The Balaban J connectivity index is 1.53. The summed E-state index contributed by atoms with van der Waals surface area (Å²) in [5, 5.41) is 23.1. The molecule has 10 heteroatoms. The van der Waals surface area contributed by atoms with Crippen LogP contribution in [-0.2, 0) is 16.0 Å². The molecule has 4 aromatic rings. The number of aliphatic hydroxyl groups excluding tert-OH is 1. The van der Waals surface area contributed by atoms with Crippen LogP contribution in [0.25, 0.3) is 16.7 Å². The van der Waals surface area contributed by atoms with E-state index in [0.29, 0.717) is 17.9 Å². The number of benzene rings is 2. The zero-order valence-electron chi connectivity index (χ0n) is 19.7. The van der Waals surface area contributed by atoms with E-state index in [1.807, 2.05) is 24.4 Å². The molecule has 1 amide bonds. The number of hydrogen-bond acceptors (Lipinski definition) is 7. The number of amides is 1. The van der Waals surface area contributed by atoms with Crippen LogP contribution in [0.15, 0.2) is 78.6 Å². The van der Waals surface area contributed by atoms with Gasteiger partial charge in [0.1, 0.15) is 17.6 Å². The summed E-state index contributed by atoms with van der Waals surface area (Å²) in [6.07, 6.45) is 3.84. The zero-order valence-corrected chi connectivity index (χ0v) is 19.7. The van der Waals surface area contributed by atoms with Crippen LogP contribution in [0.1, 0.15) is 22.9 Å². The van der Waals surface area contributed by atoms with Crippen LogP contribution in [-0.4, -0.2) is 50.2 Å². The molecule has 0 saturated carbocycles. The van der Waals surface area contributed by atoms with Crippen molar-refractivity contribution in [2.24, 2.45) is 0 Å². The number of carbonyl (C=O) groups is 2. The fourth-order valence-electron chi connectivity index (χ4n) is 4.58. The minimum atomic E-state index is -0.920. The molecular weight excluding hydrogens is 476 g/mol. The van der Waals surface area contributed by atoms with Gasteiger partial charge in [0.25, 0.3) is 17.4 Å². The van der Waals surface area contributed by atoms with Gasteiger partial charge in [-0.1, -0.05) is 6.07 Å². The number of ketones is 1. The Hall–Kier alpha value is -4.99. The fourth-order valence-corrected chi connectivity index (χ4v) is 4.58. The summed E-state index contributed by atoms with van der Waals surface area (Å²) in [6.45, 7) is 0.188. The molecule has 1 fully saturated rings. The van der Waals surface area contributed by atoms with Crippen molar-refractivity contribution in [2.45, 2.75) is 12.5 Å². The van der Waals surface area contributed by atoms with Gasteiger partial charge in [0.05, 0.1) is 23.3 Å². The molecule has 0 bridgehead atoms. The second-order valence-electron chi connectivity index (χ2n) is 8.53. The molecular formula is C27H22N4O6. The average molecular weight is 498 g/mol. The molecule has 2 N–H and O–H groups in total. The Morgan fingerprint density at radius 2 is 1.95 bits per heavy atom. The Labute approximate surface area is 211 Å². The predicted molar refractivity (Wildman–Crippen MR) is 135 cm³/mol. The van der Waals surface area contributed by atoms with Gasteiger partial charge in [-0.3, -0.25) is 24.7 Å². The molecule has 37 heavy (non-hydrogen) atoms. The summed E-state index contributed by atoms with van der Waals surface area (Å²) >= 11 is 0. The van der Waals surface area contributed by atoms with Crippen LogP contribution in [0.3, 0.4) is 0 Å². The van der Waals surface area contributed by atoms with E-state index in [4.69, 9.17) is 4.74 Å². The minimum absolute atomic E-state index is 0.113. The number of nitro benzene ring substituents is 1. The number of ether oxygens (including phenoxy) is 1. The highest BCUT2D eigenvalue weighted by molar-refractivity contribution is 6.46. The molecule has 0 spiro atoms. The van der Waals surface area contributed by atoms with E-state index in [1.165, 1.54) is 29.2 Å². The topological polar surface area (TPSA) is 139 Å². The van der Waals surface area contributed by atoms with Crippen molar-refractivity contribution >= 4 is 34.0 Å². The molecule has 0 radical (unpaired) electrons. The van der Waals surface area contributed by atoms with E-state index in [0.717, 1.165) is 16.5 Å². The second kappa shape index (κ2) is 9.57. The summed E-state index contributed by atoms with van der Waals surface area (Å²) in [5.74, 6) is -1.31. The van der Waals surface area contributed by atoms with Crippen molar-refractivity contribution in [2.75, 3.05) is 13.7 Å². The van der Waals surface area contributed by atoms with E-state index in [9.17, 15) is 24.8 Å². The van der Waals surface area contributed by atoms with Crippen LogP contribution in [0.4, 0.5) is 5.69 Å². The number of aliphatic hydroxyl groups is 1. The maximum absolute atomic E-state index is 13.2. The van der Waals surface area contributed by atoms with Crippen LogP contribution in [0, 0.1) is 10.1 Å². The number of fused-ring (bicyclic) bond motifs is 1. The van der Waals surface area contributed by atoms with Crippen LogP contribution < -0.4 is 4.74 Å². The number of non-ortho nitro benzene ring substituents is 1. The number of H-pyrrole nitrogens is 1. The van der Waals surface area contributed by atoms with Gasteiger partial charge in [0.15, 0.2) is 0 Å². The highest BCUT2D eigenvalue weighted by Crippen LogP contribution is 2.39. The lowest BCUT2D eigenvalue weighted by atomic mass is 9.98. The monoisotopic (exact) mass is 498 g/mol. The summed E-state index contributed by atoms with van der Waals surface area (Å²) in [6, 6.07) is 15.0. The van der Waals surface area contributed by atoms with E-state index in [-0.39, 0.29) is 23.4 Å². The summed E-state index contributed by atoms with van der Waals surface area (Å²) < 4.78 is 5.33. The molecule has 2 aromatic carbocycles. The van der Waals surface area contributed by atoms with Crippen LogP contribution >= 0.6 is 0 Å². The average Bonchev–Trinajstić information content (AvgIpc) is 3.44. The van der Waals surface area contributed by atoms with Gasteiger partial charge in [0, 0.05) is 47.5 Å². The lowest BCUT2D eigenvalue weighted by Crippen LogP contribution is -2.32. The Kier molecular flexibility index (Phi) is 6.14. The second-order valence-corrected chi connectivity index (χ2v) is 8.53. The first kappa shape index (κ1) is 23.7. The van der Waals surface area contributed by atoms with Crippen molar-refractivity contribution in [3.05, 3.63) is 106 Å². The lowest BCUT2D eigenvalue weighted by Gasteiger charge is -2.24.